The van der Waals surface area contributed by atoms with Crippen LogP contribution in [0.3, 0.4) is 0 Å². The Morgan fingerprint density at radius 2 is 2.00 bits per heavy atom. The first kappa shape index (κ1) is 21.0. The second-order valence-electron chi connectivity index (χ2n) is 6.68. The number of pyridine rings is 1. The molecule has 0 fully saturated rings. The number of benzene rings is 1. The van der Waals surface area contributed by atoms with Gasteiger partial charge < -0.3 is 5.32 Å². The Morgan fingerprint density at radius 3 is 2.74 bits per heavy atom. The Labute approximate surface area is 187 Å². The molecule has 1 amide bonds. The second-order valence-corrected chi connectivity index (χ2v) is 8.65. The summed E-state index contributed by atoms with van der Waals surface area (Å²) < 4.78 is 1.56. The van der Waals surface area contributed by atoms with E-state index in [-0.39, 0.29) is 17.2 Å². The molecule has 1 aromatic carbocycles. The van der Waals surface area contributed by atoms with Crippen molar-refractivity contribution in [2.75, 3.05) is 5.75 Å². The van der Waals surface area contributed by atoms with E-state index in [0.717, 1.165) is 16.1 Å². The Balaban J connectivity index is 1.56. The molecule has 0 aliphatic rings. The SMILES string of the molecule is C=CCn1c(SCC(=O)NCc2ccccn2)nc2sc(-c3ccccc3)cc2c1=O. The number of carbonyl (C=O) groups excluding carboxylic acids is 1. The smallest absolute Gasteiger partial charge is 0.263 e. The third-order valence-electron chi connectivity index (χ3n) is 4.51. The first-order chi connectivity index (χ1) is 15.2. The minimum atomic E-state index is -0.147. The Hall–Kier alpha value is -3.23. The monoisotopic (exact) mass is 448 g/mol. The first-order valence-electron chi connectivity index (χ1n) is 9.66. The van der Waals surface area contributed by atoms with Crippen LogP contribution in [0.5, 0.6) is 0 Å². The highest BCUT2D eigenvalue weighted by molar-refractivity contribution is 7.99. The van der Waals surface area contributed by atoms with Crippen molar-refractivity contribution in [2.24, 2.45) is 0 Å². The predicted molar refractivity (Wildman–Crippen MR) is 126 cm³/mol. The molecule has 6 nitrogen and oxygen atoms in total. The van der Waals surface area contributed by atoms with E-state index < -0.39 is 0 Å². The standard InChI is InChI=1S/C23H20N4O2S2/c1-2-12-27-22(29)18-13-19(16-8-4-3-5-9-16)31-21(18)26-23(27)30-15-20(28)25-14-17-10-6-7-11-24-17/h2-11,13H,1,12,14-15H2,(H,25,28). The number of fused-ring (bicyclic) bond motifs is 1. The van der Waals surface area contributed by atoms with E-state index in [1.165, 1.54) is 23.1 Å². The number of aromatic nitrogens is 3. The average molecular weight is 449 g/mol. The summed E-state index contributed by atoms with van der Waals surface area (Å²) in [5, 5.41) is 3.93. The van der Waals surface area contributed by atoms with Gasteiger partial charge in [0.1, 0.15) is 4.83 Å². The summed E-state index contributed by atoms with van der Waals surface area (Å²) in [7, 11) is 0. The molecule has 3 aromatic heterocycles. The molecule has 0 aliphatic heterocycles. The largest absolute Gasteiger partial charge is 0.350 e. The highest BCUT2D eigenvalue weighted by Crippen LogP contribution is 2.32. The number of hydrogen-bond donors (Lipinski definition) is 1. The molecule has 8 heteroatoms. The predicted octanol–water partition coefficient (Wildman–Crippen LogP) is 4.11. The van der Waals surface area contributed by atoms with Crippen LogP contribution >= 0.6 is 23.1 Å². The summed E-state index contributed by atoms with van der Waals surface area (Å²) in [4.78, 5) is 35.9. The molecule has 0 bridgehead atoms. The van der Waals surface area contributed by atoms with Crippen LogP contribution in [0.1, 0.15) is 5.69 Å². The lowest BCUT2D eigenvalue weighted by Gasteiger charge is -2.10. The van der Waals surface area contributed by atoms with Gasteiger partial charge in [0.15, 0.2) is 5.16 Å². The second kappa shape index (κ2) is 9.72. The molecule has 3 heterocycles. The normalized spacial score (nSPS) is 10.8. The van der Waals surface area contributed by atoms with Gasteiger partial charge in [0.25, 0.3) is 5.56 Å². The summed E-state index contributed by atoms with van der Waals surface area (Å²) in [5.41, 5.74) is 1.71. The lowest BCUT2D eigenvalue weighted by molar-refractivity contribution is -0.118. The molecular formula is C23H20N4O2S2. The van der Waals surface area contributed by atoms with Crippen LogP contribution in [0.15, 0.2) is 83.4 Å². The van der Waals surface area contributed by atoms with E-state index in [2.05, 4.69) is 16.9 Å². The molecule has 0 radical (unpaired) electrons. The van der Waals surface area contributed by atoms with Crippen molar-refractivity contribution >= 4 is 39.2 Å². The highest BCUT2D eigenvalue weighted by atomic mass is 32.2. The lowest BCUT2D eigenvalue weighted by Crippen LogP contribution is -2.26. The van der Waals surface area contributed by atoms with Gasteiger partial charge in [0.2, 0.25) is 5.91 Å². The fraction of sp³-hybridized carbons (Fsp3) is 0.130. The summed E-state index contributed by atoms with van der Waals surface area (Å²) in [6.45, 7) is 4.44. The fourth-order valence-corrected chi connectivity index (χ4v) is 4.93. The molecule has 0 unspecified atom stereocenters. The summed E-state index contributed by atoms with van der Waals surface area (Å²) in [5.74, 6) is 0.00469. The molecular weight excluding hydrogens is 428 g/mol. The molecule has 4 aromatic rings. The van der Waals surface area contributed by atoms with Crippen LogP contribution < -0.4 is 10.9 Å². The van der Waals surface area contributed by atoms with E-state index in [1.54, 1.807) is 16.8 Å². The van der Waals surface area contributed by atoms with E-state index in [1.807, 2.05) is 54.6 Å². The van der Waals surface area contributed by atoms with Crippen LogP contribution in [0.25, 0.3) is 20.7 Å². The van der Waals surface area contributed by atoms with Crippen LogP contribution in [0, 0.1) is 0 Å². The number of hydrogen-bond acceptors (Lipinski definition) is 6. The van der Waals surface area contributed by atoms with Crippen molar-refractivity contribution in [3.05, 3.63) is 89.5 Å². The molecule has 0 spiro atoms. The zero-order valence-electron chi connectivity index (χ0n) is 16.7. The van der Waals surface area contributed by atoms with Crippen molar-refractivity contribution in [3.8, 4) is 10.4 Å². The number of amides is 1. The Kier molecular flexibility index (Phi) is 6.59. The quantitative estimate of drug-likeness (QED) is 0.249. The molecule has 31 heavy (non-hydrogen) atoms. The van der Waals surface area contributed by atoms with E-state index in [0.29, 0.717) is 28.5 Å². The van der Waals surface area contributed by atoms with Crippen LogP contribution in [0.2, 0.25) is 0 Å². The van der Waals surface area contributed by atoms with Gasteiger partial charge in [-0.1, -0.05) is 54.2 Å². The van der Waals surface area contributed by atoms with Gasteiger partial charge in [-0.2, -0.15) is 0 Å². The number of rotatable bonds is 8. The average Bonchev–Trinajstić information content (AvgIpc) is 3.24. The van der Waals surface area contributed by atoms with Gasteiger partial charge >= 0.3 is 0 Å². The zero-order chi connectivity index (χ0) is 21.6. The molecule has 4 rings (SSSR count). The van der Waals surface area contributed by atoms with E-state index >= 15 is 0 Å². The van der Waals surface area contributed by atoms with Gasteiger partial charge in [-0.15, -0.1) is 17.9 Å². The van der Waals surface area contributed by atoms with Crippen molar-refractivity contribution in [1.29, 1.82) is 0 Å². The van der Waals surface area contributed by atoms with Crippen LogP contribution in [0.4, 0.5) is 0 Å². The van der Waals surface area contributed by atoms with Gasteiger partial charge in [0.05, 0.1) is 23.4 Å². The van der Waals surface area contributed by atoms with Crippen molar-refractivity contribution in [2.45, 2.75) is 18.2 Å². The zero-order valence-corrected chi connectivity index (χ0v) is 18.3. The topological polar surface area (TPSA) is 76.9 Å². The Morgan fingerprint density at radius 1 is 1.19 bits per heavy atom. The van der Waals surface area contributed by atoms with Crippen LogP contribution in [-0.2, 0) is 17.9 Å². The number of allylic oxidation sites excluding steroid dienone is 1. The van der Waals surface area contributed by atoms with Crippen molar-refractivity contribution in [3.63, 3.8) is 0 Å². The summed E-state index contributed by atoms with van der Waals surface area (Å²) in [6.07, 6.45) is 3.35. The molecule has 0 atom stereocenters. The van der Waals surface area contributed by atoms with Gasteiger partial charge in [-0.25, -0.2) is 4.98 Å². The van der Waals surface area contributed by atoms with Gasteiger partial charge in [-0.05, 0) is 23.8 Å². The maximum absolute atomic E-state index is 13.1. The molecule has 1 N–H and O–H groups in total. The van der Waals surface area contributed by atoms with E-state index in [4.69, 9.17) is 4.98 Å². The minimum Gasteiger partial charge on any atom is -0.350 e. The van der Waals surface area contributed by atoms with Crippen molar-refractivity contribution < 1.29 is 4.79 Å². The maximum Gasteiger partial charge on any atom is 0.263 e. The molecule has 0 aliphatic carbocycles. The Bertz CT molecular complexity index is 1270. The number of nitrogens with one attached hydrogen (secondary N) is 1. The number of thiophene rings is 1. The number of carbonyl (C=O) groups is 1. The van der Waals surface area contributed by atoms with Crippen LogP contribution in [-0.4, -0.2) is 26.2 Å². The van der Waals surface area contributed by atoms with Crippen molar-refractivity contribution in [1.82, 2.24) is 19.9 Å². The third-order valence-corrected chi connectivity index (χ3v) is 6.57. The molecule has 156 valence electrons. The summed E-state index contributed by atoms with van der Waals surface area (Å²) >= 11 is 2.72. The van der Waals surface area contributed by atoms with E-state index in [9.17, 15) is 9.59 Å². The third kappa shape index (κ3) is 4.92. The highest BCUT2D eigenvalue weighted by Gasteiger charge is 2.16. The first-order valence-corrected chi connectivity index (χ1v) is 11.5. The lowest BCUT2D eigenvalue weighted by atomic mass is 10.2. The number of thioether (sulfide) groups is 1. The number of nitrogens with zero attached hydrogens (tertiary/aromatic N) is 3. The fourth-order valence-electron chi connectivity index (χ4n) is 3.02. The van der Waals surface area contributed by atoms with Gasteiger partial charge in [0, 0.05) is 17.6 Å². The molecule has 0 saturated heterocycles. The minimum absolute atomic E-state index is 0.125. The maximum atomic E-state index is 13.1. The summed E-state index contributed by atoms with van der Waals surface area (Å²) in [6, 6.07) is 17.4. The molecule has 0 saturated carbocycles. The van der Waals surface area contributed by atoms with Gasteiger partial charge in [-0.3, -0.25) is 19.1 Å².